The number of aromatic nitrogens is 3. The Morgan fingerprint density at radius 2 is 2.03 bits per heavy atom. The number of nitrogens with zero attached hydrogens (tertiary/aromatic N) is 3. The number of hydrogen-bond acceptors (Lipinski definition) is 6. The van der Waals surface area contributed by atoms with Gasteiger partial charge in [0.25, 0.3) is 11.5 Å². The molecule has 1 N–H and O–H groups in total. The van der Waals surface area contributed by atoms with Crippen LogP contribution < -0.4 is 10.3 Å². The van der Waals surface area contributed by atoms with E-state index in [-0.39, 0.29) is 18.0 Å². The minimum Gasteiger partial charge on any atom is -0.487 e. The highest BCUT2D eigenvalue weighted by Crippen LogP contribution is 2.18. The number of nitrogens with one attached hydrogen (secondary N) is 1. The largest absolute Gasteiger partial charge is 0.487 e. The van der Waals surface area contributed by atoms with Crippen molar-refractivity contribution in [2.75, 3.05) is 6.54 Å². The van der Waals surface area contributed by atoms with E-state index in [9.17, 15) is 9.59 Å². The van der Waals surface area contributed by atoms with Gasteiger partial charge in [0.1, 0.15) is 18.2 Å². The van der Waals surface area contributed by atoms with Gasteiger partial charge < -0.3 is 14.6 Å². The van der Waals surface area contributed by atoms with Crippen LogP contribution in [0.5, 0.6) is 5.75 Å². The average molecular weight is 469 g/mol. The quantitative estimate of drug-likeness (QED) is 0.406. The molecule has 0 atom stereocenters. The first kappa shape index (κ1) is 22.0. The molecule has 2 aromatic heterocycles. The van der Waals surface area contributed by atoms with Crippen molar-refractivity contribution < 1.29 is 9.53 Å². The SMILES string of the molecule is CCCN(Cc1nc2cc(Cl)ccc2c(=O)[nH]1)C(=O)c1ccc(OCc2cscn2)cc1. The van der Waals surface area contributed by atoms with Crippen molar-refractivity contribution in [3.05, 3.63) is 85.8 Å². The fourth-order valence-corrected chi connectivity index (χ4v) is 3.99. The molecule has 2 heterocycles. The zero-order valence-corrected chi connectivity index (χ0v) is 18.9. The smallest absolute Gasteiger partial charge is 0.258 e. The van der Waals surface area contributed by atoms with E-state index in [1.165, 1.54) is 11.3 Å². The zero-order chi connectivity index (χ0) is 22.5. The van der Waals surface area contributed by atoms with Crippen LogP contribution in [0.15, 0.2) is 58.1 Å². The number of aromatic amines is 1. The van der Waals surface area contributed by atoms with Gasteiger partial charge in [0, 0.05) is 22.5 Å². The number of amides is 1. The van der Waals surface area contributed by atoms with Gasteiger partial charge in [-0.25, -0.2) is 9.97 Å². The Morgan fingerprint density at radius 3 is 2.75 bits per heavy atom. The average Bonchev–Trinajstić information content (AvgIpc) is 3.31. The maximum atomic E-state index is 13.1. The third-order valence-corrected chi connectivity index (χ3v) is 5.68. The van der Waals surface area contributed by atoms with Crippen LogP contribution in [0.2, 0.25) is 5.02 Å². The third-order valence-electron chi connectivity index (χ3n) is 4.81. The topological polar surface area (TPSA) is 88.2 Å². The maximum Gasteiger partial charge on any atom is 0.258 e. The molecule has 1 amide bonds. The number of benzene rings is 2. The normalized spacial score (nSPS) is 10.9. The van der Waals surface area contributed by atoms with E-state index in [4.69, 9.17) is 16.3 Å². The van der Waals surface area contributed by atoms with Crippen molar-refractivity contribution in [3.8, 4) is 5.75 Å². The molecule has 0 bridgehead atoms. The standard InChI is InChI=1S/C23H21ClN4O3S/c1-2-9-28(11-21-26-20-10-16(24)5-8-19(20)22(29)27-21)23(30)15-3-6-18(7-4-15)31-12-17-13-32-14-25-17/h3-8,10,13-14H,2,9,11-12H2,1H3,(H,26,27,29). The number of H-pyrrole nitrogens is 1. The predicted molar refractivity (Wildman–Crippen MR) is 125 cm³/mol. The number of thiazole rings is 1. The molecular formula is C23H21ClN4O3S. The summed E-state index contributed by atoms with van der Waals surface area (Å²) in [6.07, 6.45) is 0.768. The second-order valence-corrected chi connectivity index (χ2v) is 8.35. The van der Waals surface area contributed by atoms with Crippen LogP contribution in [0.4, 0.5) is 0 Å². The summed E-state index contributed by atoms with van der Waals surface area (Å²) < 4.78 is 5.71. The van der Waals surface area contributed by atoms with E-state index < -0.39 is 0 Å². The number of rotatable bonds is 8. The molecule has 0 radical (unpaired) electrons. The molecule has 0 unspecified atom stereocenters. The number of ether oxygens (including phenoxy) is 1. The van der Waals surface area contributed by atoms with Crippen LogP contribution in [-0.2, 0) is 13.2 Å². The van der Waals surface area contributed by atoms with Gasteiger partial charge in [-0.2, -0.15) is 0 Å². The lowest BCUT2D eigenvalue weighted by molar-refractivity contribution is 0.0739. The minimum atomic E-state index is -0.257. The van der Waals surface area contributed by atoms with Crippen molar-refractivity contribution in [3.63, 3.8) is 0 Å². The summed E-state index contributed by atoms with van der Waals surface area (Å²) in [6, 6.07) is 11.9. The molecule has 0 aliphatic carbocycles. The summed E-state index contributed by atoms with van der Waals surface area (Å²) in [5.41, 5.74) is 3.40. The van der Waals surface area contributed by atoms with Crippen molar-refractivity contribution in [2.24, 2.45) is 0 Å². The Labute approximate surface area is 193 Å². The predicted octanol–water partition coefficient (Wildman–Crippen LogP) is 4.66. The molecule has 164 valence electrons. The van der Waals surface area contributed by atoms with E-state index in [1.807, 2.05) is 12.3 Å². The lowest BCUT2D eigenvalue weighted by Crippen LogP contribution is -2.32. The first-order valence-electron chi connectivity index (χ1n) is 10.1. The summed E-state index contributed by atoms with van der Waals surface area (Å²) in [5, 5.41) is 2.89. The molecule has 0 aliphatic rings. The van der Waals surface area contributed by atoms with Gasteiger partial charge in [-0.3, -0.25) is 9.59 Å². The lowest BCUT2D eigenvalue weighted by atomic mass is 10.2. The molecule has 4 aromatic rings. The van der Waals surface area contributed by atoms with E-state index in [0.717, 1.165) is 12.1 Å². The lowest BCUT2D eigenvalue weighted by Gasteiger charge is -2.22. The van der Waals surface area contributed by atoms with Crippen LogP contribution in [0.3, 0.4) is 0 Å². The van der Waals surface area contributed by atoms with Crippen molar-refractivity contribution in [1.29, 1.82) is 0 Å². The summed E-state index contributed by atoms with van der Waals surface area (Å²) in [7, 11) is 0. The van der Waals surface area contributed by atoms with E-state index in [0.29, 0.717) is 46.2 Å². The van der Waals surface area contributed by atoms with Gasteiger partial charge in [-0.05, 0) is 48.9 Å². The fourth-order valence-electron chi connectivity index (χ4n) is 3.28. The number of fused-ring (bicyclic) bond motifs is 1. The molecule has 0 aliphatic heterocycles. The molecule has 9 heteroatoms. The summed E-state index contributed by atoms with van der Waals surface area (Å²) in [6.45, 7) is 3.08. The molecule has 4 rings (SSSR count). The van der Waals surface area contributed by atoms with Crippen LogP contribution in [0, 0.1) is 0 Å². The van der Waals surface area contributed by atoms with Gasteiger partial charge in [0.05, 0.1) is 28.7 Å². The van der Waals surface area contributed by atoms with Gasteiger partial charge in [-0.15, -0.1) is 11.3 Å². The van der Waals surface area contributed by atoms with Crippen molar-refractivity contribution >= 4 is 39.7 Å². The van der Waals surface area contributed by atoms with Crippen LogP contribution in [-0.4, -0.2) is 32.3 Å². The Kier molecular flexibility index (Phi) is 6.82. The second kappa shape index (κ2) is 9.93. The minimum absolute atomic E-state index is 0.147. The van der Waals surface area contributed by atoms with Gasteiger partial charge >= 0.3 is 0 Å². The molecule has 2 aromatic carbocycles. The Bertz CT molecular complexity index is 1270. The van der Waals surface area contributed by atoms with Gasteiger partial charge in [-0.1, -0.05) is 18.5 Å². The zero-order valence-electron chi connectivity index (χ0n) is 17.4. The highest BCUT2D eigenvalue weighted by molar-refractivity contribution is 7.07. The Hall–Kier alpha value is -3.23. The molecule has 0 saturated carbocycles. The first-order chi connectivity index (χ1) is 15.5. The molecule has 0 fully saturated rings. The van der Waals surface area contributed by atoms with E-state index in [1.54, 1.807) is 52.9 Å². The van der Waals surface area contributed by atoms with E-state index in [2.05, 4.69) is 15.0 Å². The highest BCUT2D eigenvalue weighted by Gasteiger charge is 2.17. The highest BCUT2D eigenvalue weighted by atomic mass is 35.5. The van der Waals surface area contributed by atoms with Crippen molar-refractivity contribution in [2.45, 2.75) is 26.5 Å². The monoisotopic (exact) mass is 468 g/mol. The van der Waals surface area contributed by atoms with E-state index >= 15 is 0 Å². The Balaban J connectivity index is 1.50. The van der Waals surface area contributed by atoms with Crippen LogP contribution in [0.25, 0.3) is 10.9 Å². The summed E-state index contributed by atoms with van der Waals surface area (Å²) >= 11 is 7.56. The van der Waals surface area contributed by atoms with Gasteiger partial charge in [0.2, 0.25) is 0 Å². The van der Waals surface area contributed by atoms with Crippen LogP contribution in [0.1, 0.15) is 35.2 Å². The number of carbonyl (C=O) groups excluding carboxylic acids is 1. The third kappa shape index (κ3) is 5.15. The maximum absolute atomic E-state index is 13.1. The first-order valence-corrected chi connectivity index (χ1v) is 11.4. The number of halogens is 1. The molecular weight excluding hydrogens is 448 g/mol. The van der Waals surface area contributed by atoms with Crippen molar-refractivity contribution in [1.82, 2.24) is 19.9 Å². The van der Waals surface area contributed by atoms with Gasteiger partial charge in [0.15, 0.2) is 0 Å². The molecule has 7 nitrogen and oxygen atoms in total. The Morgan fingerprint density at radius 1 is 1.22 bits per heavy atom. The fraction of sp³-hybridized carbons (Fsp3) is 0.217. The van der Waals surface area contributed by atoms with Crippen LogP contribution >= 0.6 is 22.9 Å². The second-order valence-electron chi connectivity index (χ2n) is 7.19. The summed E-state index contributed by atoms with van der Waals surface area (Å²) in [5.74, 6) is 0.926. The molecule has 0 saturated heterocycles. The molecule has 32 heavy (non-hydrogen) atoms. The summed E-state index contributed by atoms with van der Waals surface area (Å²) in [4.78, 5) is 38.7. The number of carbonyl (C=O) groups is 1. The number of hydrogen-bond donors (Lipinski definition) is 1. The molecule has 0 spiro atoms.